The molecule has 0 bridgehead atoms. The molecule has 0 aliphatic carbocycles. The van der Waals surface area contributed by atoms with Crippen molar-refractivity contribution in [2.75, 3.05) is 5.75 Å². The van der Waals surface area contributed by atoms with E-state index in [2.05, 4.69) is 4.98 Å². The van der Waals surface area contributed by atoms with Gasteiger partial charge in [0.05, 0.1) is 22.8 Å². The van der Waals surface area contributed by atoms with Crippen LogP contribution in [0.2, 0.25) is 0 Å². The van der Waals surface area contributed by atoms with Gasteiger partial charge in [-0.15, -0.1) is 11.3 Å². The number of benzene rings is 1. The Balaban J connectivity index is 1.58. The number of ether oxygens (including phenoxy) is 1. The fourth-order valence-corrected chi connectivity index (χ4v) is 4.13. The summed E-state index contributed by atoms with van der Waals surface area (Å²) in [6.07, 6.45) is 1.23. The lowest BCUT2D eigenvalue weighted by atomic mass is 10.4. The van der Waals surface area contributed by atoms with Gasteiger partial charge in [-0.25, -0.2) is 17.8 Å². The molecule has 10 heteroatoms. The van der Waals surface area contributed by atoms with Crippen LogP contribution in [0.15, 0.2) is 51.6 Å². The first kappa shape index (κ1) is 18.2. The summed E-state index contributed by atoms with van der Waals surface area (Å²) in [5, 5.41) is 1.71. The molecule has 2 aromatic heterocycles. The molecule has 26 heavy (non-hydrogen) atoms. The molecule has 0 unspecified atom stereocenters. The zero-order valence-corrected chi connectivity index (χ0v) is 14.9. The summed E-state index contributed by atoms with van der Waals surface area (Å²) >= 11 is 1.27. The molecule has 0 radical (unpaired) electrons. The van der Waals surface area contributed by atoms with E-state index in [1.54, 1.807) is 11.6 Å². The Hall–Kier alpha value is -2.59. The molecule has 0 atom stereocenters. The lowest BCUT2D eigenvalue weighted by Gasteiger charge is -2.06. The van der Waals surface area contributed by atoms with Gasteiger partial charge in [0.25, 0.3) is 5.56 Å². The molecule has 0 aliphatic heterocycles. The first-order chi connectivity index (χ1) is 12.3. The third-order valence-corrected chi connectivity index (χ3v) is 5.97. The van der Waals surface area contributed by atoms with E-state index in [1.165, 1.54) is 21.8 Å². The summed E-state index contributed by atoms with van der Waals surface area (Å²) in [4.78, 5) is 28.2. The van der Waals surface area contributed by atoms with Crippen molar-refractivity contribution in [3.8, 4) is 0 Å². The van der Waals surface area contributed by atoms with Gasteiger partial charge < -0.3 is 4.74 Å². The van der Waals surface area contributed by atoms with Gasteiger partial charge in [0.2, 0.25) is 0 Å². The minimum atomic E-state index is -3.72. The van der Waals surface area contributed by atoms with Crippen LogP contribution >= 0.6 is 11.3 Å². The van der Waals surface area contributed by atoms with Gasteiger partial charge in [-0.3, -0.25) is 14.0 Å². The lowest BCUT2D eigenvalue weighted by Crippen LogP contribution is -2.16. The van der Waals surface area contributed by atoms with E-state index >= 15 is 0 Å². The molecule has 0 saturated carbocycles. The third kappa shape index (κ3) is 4.14. The van der Waals surface area contributed by atoms with Crippen molar-refractivity contribution in [3.05, 3.63) is 63.8 Å². The molecule has 0 N–H and O–H groups in total. The Morgan fingerprint density at radius 3 is 2.73 bits per heavy atom. The summed E-state index contributed by atoms with van der Waals surface area (Å²) in [6, 6.07) is 5.61. The van der Waals surface area contributed by atoms with Gasteiger partial charge >= 0.3 is 5.97 Å². The van der Waals surface area contributed by atoms with Crippen molar-refractivity contribution in [2.24, 2.45) is 0 Å². The van der Waals surface area contributed by atoms with E-state index in [0.717, 1.165) is 24.3 Å². The fourth-order valence-electron chi connectivity index (χ4n) is 2.17. The topological polar surface area (TPSA) is 94.8 Å². The average Bonchev–Trinajstić information content (AvgIpc) is 3.08. The zero-order valence-electron chi connectivity index (χ0n) is 13.3. The molecule has 3 aromatic rings. The number of thiazole rings is 1. The molecule has 0 spiro atoms. The number of halogens is 1. The summed E-state index contributed by atoms with van der Waals surface area (Å²) in [5.41, 5.74) is -0.00613. The number of carbonyl (C=O) groups is 1. The summed E-state index contributed by atoms with van der Waals surface area (Å²) in [7, 11) is -3.72. The standard InChI is InChI=1S/C16H13FN2O5S2/c17-11-1-3-13(4-2-11)26(22,23)8-5-15(21)24-10-12-9-14(20)19-6-7-25-16(19)18-12/h1-4,6-7,9H,5,8,10H2. The van der Waals surface area contributed by atoms with Crippen molar-refractivity contribution >= 4 is 32.1 Å². The minimum Gasteiger partial charge on any atom is -0.459 e. The van der Waals surface area contributed by atoms with E-state index in [0.29, 0.717) is 4.96 Å². The number of hydrogen-bond acceptors (Lipinski definition) is 7. The second-order valence-corrected chi connectivity index (χ2v) is 8.31. The van der Waals surface area contributed by atoms with Gasteiger partial charge in [0.1, 0.15) is 12.4 Å². The van der Waals surface area contributed by atoms with E-state index in [4.69, 9.17) is 4.74 Å². The van der Waals surface area contributed by atoms with Crippen molar-refractivity contribution in [2.45, 2.75) is 17.9 Å². The number of aromatic nitrogens is 2. The van der Waals surface area contributed by atoms with Crippen LogP contribution in [0, 0.1) is 5.82 Å². The molecule has 1 aromatic carbocycles. The van der Waals surface area contributed by atoms with Crippen LogP contribution in [0.5, 0.6) is 0 Å². The zero-order chi connectivity index (χ0) is 18.7. The number of hydrogen-bond donors (Lipinski definition) is 0. The predicted molar refractivity (Wildman–Crippen MR) is 92.2 cm³/mol. The molecule has 7 nitrogen and oxygen atoms in total. The number of nitrogens with zero attached hydrogens (tertiary/aromatic N) is 2. The largest absolute Gasteiger partial charge is 0.459 e. The lowest BCUT2D eigenvalue weighted by molar-refractivity contribution is -0.144. The van der Waals surface area contributed by atoms with Crippen molar-refractivity contribution < 1.29 is 22.3 Å². The normalized spacial score (nSPS) is 11.6. The summed E-state index contributed by atoms with van der Waals surface area (Å²) in [6.45, 7) is -0.223. The maximum absolute atomic E-state index is 12.9. The number of sulfone groups is 1. The van der Waals surface area contributed by atoms with E-state index < -0.39 is 27.4 Å². The summed E-state index contributed by atoms with van der Waals surface area (Å²) in [5.74, 6) is -1.74. The highest BCUT2D eigenvalue weighted by Gasteiger charge is 2.17. The van der Waals surface area contributed by atoms with Crippen LogP contribution in [0.4, 0.5) is 4.39 Å². The molecule has 0 amide bonds. The second-order valence-electron chi connectivity index (χ2n) is 5.32. The predicted octanol–water partition coefficient (Wildman–Crippen LogP) is 1.80. The van der Waals surface area contributed by atoms with Crippen LogP contribution < -0.4 is 5.56 Å². The monoisotopic (exact) mass is 396 g/mol. The second kappa shape index (κ2) is 7.34. The maximum atomic E-state index is 12.9. The maximum Gasteiger partial charge on any atom is 0.307 e. The summed E-state index contributed by atoms with van der Waals surface area (Å²) < 4.78 is 43.4. The molecule has 0 aliphatic rings. The van der Waals surface area contributed by atoms with E-state index in [-0.39, 0.29) is 29.2 Å². The van der Waals surface area contributed by atoms with Gasteiger partial charge in [-0.05, 0) is 24.3 Å². The highest BCUT2D eigenvalue weighted by atomic mass is 32.2. The Morgan fingerprint density at radius 1 is 1.27 bits per heavy atom. The molecule has 3 rings (SSSR count). The Bertz CT molecular complexity index is 1100. The minimum absolute atomic E-state index is 0.0652. The Kier molecular flexibility index (Phi) is 5.14. The van der Waals surface area contributed by atoms with Crippen molar-refractivity contribution in [3.63, 3.8) is 0 Å². The van der Waals surface area contributed by atoms with Crippen molar-refractivity contribution in [1.82, 2.24) is 9.38 Å². The third-order valence-electron chi connectivity index (χ3n) is 3.48. The van der Waals surface area contributed by atoms with Gasteiger partial charge in [-0.2, -0.15) is 0 Å². The highest BCUT2D eigenvalue weighted by molar-refractivity contribution is 7.91. The SMILES string of the molecule is O=C(CCS(=O)(=O)c1ccc(F)cc1)OCc1cc(=O)n2ccsc2n1. The van der Waals surface area contributed by atoms with E-state index in [9.17, 15) is 22.4 Å². The Labute approximate surface area is 151 Å². The molecule has 0 fully saturated rings. The number of carbonyl (C=O) groups excluding carboxylic acids is 1. The van der Waals surface area contributed by atoms with Crippen LogP contribution in [-0.4, -0.2) is 29.5 Å². The Morgan fingerprint density at radius 2 is 2.00 bits per heavy atom. The number of esters is 1. The molecule has 136 valence electrons. The van der Waals surface area contributed by atoms with E-state index in [1.807, 2.05) is 0 Å². The number of rotatable bonds is 6. The first-order valence-corrected chi connectivity index (χ1v) is 9.98. The molecular weight excluding hydrogens is 383 g/mol. The van der Waals surface area contributed by atoms with Crippen molar-refractivity contribution in [1.29, 1.82) is 0 Å². The van der Waals surface area contributed by atoms with Gasteiger partial charge in [0.15, 0.2) is 14.8 Å². The fraction of sp³-hybridized carbons (Fsp3) is 0.188. The molecule has 0 saturated heterocycles. The van der Waals surface area contributed by atoms with Gasteiger partial charge in [-0.1, -0.05) is 0 Å². The first-order valence-electron chi connectivity index (χ1n) is 7.45. The van der Waals surface area contributed by atoms with Crippen LogP contribution in [0.3, 0.4) is 0 Å². The van der Waals surface area contributed by atoms with Crippen LogP contribution in [0.25, 0.3) is 4.96 Å². The molecular formula is C16H13FN2O5S2. The van der Waals surface area contributed by atoms with Crippen LogP contribution in [-0.2, 0) is 26.0 Å². The quantitative estimate of drug-likeness (QED) is 0.466. The molecule has 2 heterocycles. The highest BCUT2D eigenvalue weighted by Crippen LogP contribution is 2.13. The smallest absolute Gasteiger partial charge is 0.307 e. The number of fused-ring (bicyclic) bond motifs is 1. The van der Waals surface area contributed by atoms with Crippen LogP contribution in [0.1, 0.15) is 12.1 Å². The van der Waals surface area contributed by atoms with Gasteiger partial charge in [0, 0.05) is 17.6 Å². The average molecular weight is 396 g/mol.